The zero-order chi connectivity index (χ0) is 23.0. The SMILES string of the molecule is O=S(=O)(c1ccc(Cl)cc1Cl)N1CCN(c2ccc(Cl)cc2Cl)C(c2ccc(Cl)cc2)C1. The summed E-state index contributed by atoms with van der Waals surface area (Å²) in [4.78, 5) is 2.11. The molecule has 0 saturated carbocycles. The minimum atomic E-state index is -3.85. The van der Waals surface area contributed by atoms with E-state index in [0.29, 0.717) is 26.6 Å². The second-order valence-corrected chi connectivity index (χ2v) is 11.3. The van der Waals surface area contributed by atoms with Gasteiger partial charge in [0, 0.05) is 34.7 Å². The van der Waals surface area contributed by atoms with Crippen LogP contribution >= 0.6 is 58.0 Å². The van der Waals surface area contributed by atoms with Gasteiger partial charge in [0.15, 0.2) is 0 Å². The van der Waals surface area contributed by atoms with Crippen molar-refractivity contribution < 1.29 is 8.42 Å². The fourth-order valence-corrected chi connectivity index (χ4v) is 6.60. The first-order valence-electron chi connectivity index (χ1n) is 9.59. The number of hydrogen-bond donors (Lipinski definition) is 0. The van der Waals surface area contributed by atoms with Crippen molar-refractivity contribution in [2.45, 2.75) is 10.9 Å². The summed E-state index contributed by atoms with van der Waals surface area (Å²) in [6, 6.07) is 16.7. The molecule has 168 valence electrons. The number of halogens is 5. The van der Waals surface area contributed by atoms with Crippen LogP contribution in [0.15, 0.2) is 65.6 Å². The van der Waals surface area contributed by atoms with Crippen LogP contribution < -0.4 is 4.90 Å². The maximum absolute atomic E-state index is 13.4. The molecule has 3 aromatic carbocycles. The minimum Gasteiger partial charge on any atom is -0.361 e. The lowest BCUT2D eigenvalue weighted by Gasteiger charge is -2.42. The molecule has 1 saturated heterocycles. The number of anilines is 1. The molecular formula is C22H17Cl5N2O2S. The van der Waals surface area contributed by atoms with Gasteiger partial charge in [-0.15, -0.1) is 0 Å². The summed E-state index contributed by atoms with van der Waals surface area (Å²) in [7, 11) is -3.85. The summed E-state index contributed by atoms with van der Waals surface area (Å²) in [6.45, 7) is 0.866. The summed E-state index contributed by atoms with van der Waals surface area (Å²) < 4.78 is 28.3. The van der Waals surface area contributed by atoms with E-state index in [2.05, 4.69) is 4.90 Å². The quantitative estimate of drug-likeness (QED) is 0.345. The first-order valence-corrected chi connectivity index (χ1v) is 12.9. The molecule has 0 radical (unpaired) electrons. The Kier molecular flexibility index (Phi) is 7.18. The summed E-state index contributed by atoms with van der Waals surface area (Å²) in [5, 5.41) is 2.07. The smallest absolute Gasteiger partial charge is 0.244 e. The Morgan fingerprint density at radius 3 is 1.94 bits per heavy atom. The van der Waals surface area contributed by atoms with Gasteiger partial charge in [-0.25, -0.2) is 8.42 Å². The highest BCUT2D eigenvalue weighted by atomic mass is 35.5. The van der Waals surface area contributed by atoms with E-state index in [9.17, 15) is 8.42 Å². The molecule has 1 fully saturated rings. The topological polar surface area (TPSA) is 40.6 Å². The Balaban J connectivity index is 1.73. The molecule has 1 unspecified atom stereocenters. The van der Waals surface area contributed by atoms with E-state index in [0.717, 1.165) is 11.3 Å². The fourth-order valence-electron chi connectivity index (χ4n) is 3.77. The molecule has 32 heavy (non-hydrogen) atoms. The summed E-state index contributed by atoms with van der Waals surface area (Å²) in [5.41, 5.74) is 1.68. The van der Waals surface area contributed by atoms with Crippen molar-refractivity contribution in [3.63, 3.8) is 0 Å². The van der Waals surface area contributed by atoms with Crippen molar-refractivity contribution in [2.75, 3.05) is 24.5 Å². The van der Waals surface area contributed by atoms with E-state index in [4.69, 9.17) is 58.0 Å². The Morgan fingerprint density at radius 1 is 0.719 bits per heavy atom. The van der Waals surface area contributed by atoms with Crippen LogP contribution in [0.2, 0.25) is 25.1 Å². The highest BCUT2D eigenvalue weighted by Crippen LogP contribution is 2.38. The summed E-state index contributed by atoms with van der Waals surface area (Å²) in [5.74, 6) is 0. The van der Waals surface area contributed by atoms with E-state index in [-0.39, 0.29) is 29.0 Å². The van der Waals surface area contributed by atoms with Crippen molar-refractivity contribution in [1.82, 2.24) is 4.31 Å². The number of nitrogens with zero attached hydrogens (tertiary/aromatic N) is 2. The Labute approximate surface area is 212 Å². The molecule has 4 rings (SSSR count). The molecule has 1 aliphatic heterocycles. The highest BCUT2D eigenvalue weighted by molar-refractivity contribution is 7.89. The van der Waals surface area contributed by atoms with Crippen LogP contribution in [0.5, 0.6) is 0 Å². The van der Waals surface area contributed by atoms with Crippen LogP contribution in [-0.4, -0.2) is 32.4 Å². The number of piperazine rings is 1. The zero-order valence-electron chi connectivity index (χ0n) is 16.5. The average molecular weight is 551 g/mol. The molecular weight excluding hydrogens is 534 g/mol. The highest BCUT2D eigenvalue weighted by Gasteiger charge is 2.36. The van der Waals surface area contributed by atoms with Crippen molar-refractivity contribution in [2.24, 2.45) is 0 Å². The third kappa shape index (κ3) is 4.85. The maximum Gasteiger partial charge on any atom is 0.244 e. The average Bonchev–Trinajstić information content (AvgIpc) is 2.74. The van der Waals surface area contributed by atoms with Gasteiger partial charge < -0.3 is 4.90 Å². The van der Waals surface area contributed by atoms with Gasteiger partial charge in [-0.3, -0.25) is 0 Å². The van der Waals surface area contributed by atoms with Crippen molar-refractivity contribution in [3.05, 3.63) is 91.3 Å². The normalized spacial score (nSPS) is 17.5. The molecule has 0 amide bonds. The predicted octanol–water partition coefficient (Wildman–Crippen LogP) is 7.21. The predicted molar refractivity (Wildman–Crippen MR) is 133 cm³/mol. The summed E-state index contributed by atoms with van der Waals surface area (Å²) >= 11 is 30.8. The molecule has 0 aliphatic carbocycles. The van der Waals surface area contributed by atoms with Crippen LogP contribution in [0.4, 0.5) is 5.69 Å². The zero-order valence-corrected chi connectivity index (χ0v) is 21.1. The van der Waals surface area contributed by atoms with Gasteiger partial charge in [-0.1, -0.05) is 70.1 Å². The van der Waals surface area contributed by atoms with Crippen LogP contribution in [0.1, 0.15) is 11.6 Å². The summed E-state index contributed by atoms with van der Waals surface area (Å²) in [6.07, 6.45) is 0. The first-order chi connectivity index (χ1) is 15.2. The van der Waals surface area contributed by atoms with Gasteiger partial charge in [-0.05, 0) is 54.1 Å². The number of rotatable bonds is 4. The first kappa shape index (κ1) is 24.0. The van der Waals surface area contributed by atoms with E-state index < -0.39 is 10.0 Å². The van der Waals surface area contributed by atoms with Gasteiger partial charge in [0.05, 0.1) is 21.8 Å². The minimum absolute atomic E-state index is 0.0244. The molecule has 0 spiro atoms. The van der Waals surface area contributed by atoms with Gasteiger partial charge >= 0.3 is 0 Å². The standard InChI is InChI=1S/C22H17Cl5N2O2S/c23-15-3-1-14(2-4-15)21-13-28(32(30,31)22-8-6-17(25)12-19(22)27)9-10-29(21)20-7-5-16(24)11-18(20)26/h1-8,11-12,21H,9-10,13H2. The van der Waals surface area contributed by atoms with Gasteiger partial charge in [0.1, 0.15) is 4.90 Å². The van der Waals surface area contributed by atoms with Crippen molar-refractivity contribution in [3.8, 4) is 0 Å². The van der Waals surface area contributed by atoms with Crippen LogP contribution in [0.25, 0.3) is 0 Å². The molecule has 0 N–H and O–H groups in total. The van der Waals surface area contributed by atoms with Crippen molar-refractivity contribution in [1.29, 1.82) is 0 Å². The van der Waals surface area contributed by atoms with Crippen LogP contribution in [0, 0.1) is 0 Å². The molecule has 0 bridgehead atoms. The fraction of sp³-hybridized carbons (Fsp3) is 0.182. The van der Waals surface area contributed by atoms with E-state index in [1.165, 1.54) is 22.5 Å². The lowest BCUT2D eigenvalue weighted by atomic mass is 10.0. The number of hydrogen-bond acceptors (Lipinski definition) is 3. The second-order valence-electron chi connectivity index (χ2n) is 7.29. The maximum atomic E-state index is 13.4. The van der Waals surface area contributed by atoms with Gasteiger partial charge in [-0.2, -0.15) is 4.31 Å². The van der Waals surface area contributed by atoms with E-state index in [1.54, 1.807) is 24.3 Å². The Hall–Kier alpha value is -1.18. The second kappa shape index (κ2) is 9.59. The third-order valence-corrected chi connectivity index (χ3v) is 8.70. The Morgan fingerprint density at radius 2 is 1.31 bits per heavy atom. The van der Waals surface area contributed by atoms with Crippen molar-refractivity contribution >= 4 is 73.7 Å². The Bertz CT molecular complexity index is 1250. The monoisotopic (exact) mass is 548 g/mol. The molecule has 10 heteroatoms. The lowest BCUT2D eigenvalue weighted by molar-refractivity contribution is 0.335. The molecule has 1 aliphatic rings. The van der Waals surface area contributed by atoms with Crippen LogP contribution in [0.3, 0.4) is 0 Å². The number of sulfonamides is 1. The van der Waals surface area contributed by atoms with Crippen LogP contribution in [-0.2, 0) is 10.0 Å². The molecule has 3 aromatic rings. The number of benzene rings is 3. The molecule has 4 nitrogen and oxygen atoms in total. The molecule has 1 atom stereocenters. The molecule has 1 heterocycles. The van der Waals surface area contributed by atoms with E-state index in [1.807, 2.05) is 18.2 Å². The van der Waals surface area contributed by atoms with Gasteiger partial charge in [0.2, 0.25) is 10.0 Å². The lowest BCUT2D eigenvalue weighted by Crippen LogP contribution is -2.50. The largest absolute Gasteiger partial charge is 0.361 e. The van der Waals surface area contributed by atoms with Gasteiger partial charge in [0.25, 0.3) is 0 Å². The van der Waals surface area contributed by atoms with E-state index >= 15 is 0 Å². The molecule has 0 aromatic heterocycles. The third-order valence-electron chi connectivity index (χ3n) is 5.33.